The summed E-state index contributed by atoms with van der Waals surface area (Å²) in [6, 6.07) is 0.112. The van der Waals surface area contributed by atoms with Crippen molar-refractivity contribution in [1.82, 2.24) is 14.8 Å². The number of nitrogens with zero attached hydrogens (tertiary/aromatic N) is 2. The minimum absolute atomic E-state index is 0.112. The highest BCUT2D eigenvalue weighted by Gasteiger charge is 2.11. The van der Waals surface area contributed by atoms with Crippen LogP contribution in [-0.2, 0) is 0 Å². The highest BCUT2D eigenvalue weighted by molar-refractivity contribution is 7.99. The van der Waals surface area contributed by atoms with Gasteiger partial charge in [0.15, 0.2) is 5.16 Å². The molecule has 1 heterocycles. The number of amidine groups is 1. The quantitative estimate of drug-likeness (QED) is 0.297. The summed E-state index contributed by atoms with van der Waals surface area (Å²) in [6.07, 6.45) is 2.50. The second-order valence-corrected chi connectivity index (χ2v) is 5.17. The number of nitrogens with one attached hydrogen (secondary N) is 2. The highest BCUT2D eigenvalue weighted by Crippen LogP contribution is 2.18. The molecule has 0 saturated heterocycles. The molecule has 4 N–H and O–H groups in total. The van der Waals surface area contributed by atoms with Crippen LogP contribution in [0.1, 0.15) is 39.2 Å². The van der Waals surface area contributed by atoms with Crippen LogP contribution in [0.5, 0.6) is 0 Å². The Morgan fingerprint density at radius 3 is 2.88 bits per heavy atom. The molecule has 0 atom stereocenters. The molecular weight excluding hydrogens is 238 g/mol. The molecule has 17 heavy (non-hydrogen) atoms. The predicted octanol–water partition coefficient (Wildman–Crippen LogP) is 1.35. The van der Waals surface area contributed by atoms with E-state index in [2.05, 4.69) is 10.2 Å². The average molecular weight is 257 g/mol. The summed E-state index contributed by atoms with van der Waals surface area (Å²) in [5, 5.41) is 14.3. The van der Waals surface area contributed by atoms with Crippen LogP contribution in [0.25, 0.3) is 0 Å². The van der Waals surface area contributed by atoms with E-state index >= 15 is 0 Å². The zero-order chi connectivity index (χ0) is 12.8. The molecule has 0 aliphatic rings. The SMILES string of the molecule is CC(C)n1c(SCCCCC(=N)N)n[nH]c1=O. The molecule has 0 bridgehead atoms. The first-order chi connectivity index (χ1) is 8.02. The fourth-order valence-electron chi connectivity index (χ4n) is 1.43. The van der Waals surface area contributed by atoms with Crippen molar-refractivity contribution >= 4 is 17.6 Å². The van der Waals surface area contributed by atoms with Crippen LogP contribution in [0.15, 0.2) is 9.95 Å². The van der Waals surface area contributed by atoms with Crippen molar-refractivity contribution in [3.63, 3.8) is 0 Å². The van der Waals surface area contributed by atoms with E-state index in [0.717, 1.165) is 23.8 Å². The number of aromatic amines is 1. The van der Waals surface area contributed by atoms with Gasteiger partial charge in [-0.25, -0.2) is 9.89 Å². The summed E-state index contributed by atoms with van der Waals surface area (Å²) in [6.45, 7) is 3.91. The molecule has 0 aliphatic heterocycles. The fraction of sp³-hybridized carbons (Fsp3) is 0.700. The lowest BCUT2D eigenvalue weighted by atomic mass is 10.2. The number of aromatic nitrogens is 3. The van der Waals surface area contributed by atoms with Crippen molar-refractivity contribution < 1.29 is 0 Å². The summed E-state index contributed by atoms with van der Waals surface area (Å²) in [4.78, 5) is 11.4. The zero-order valence-electron chi connectivity index (χ0n) is 10.2. The summed E-state index contributed by atoms with van der Waals surface area (Å²) in [7, 11) is 0. The summed E-state index contributed by atoms with van der Waals surface area (Å²) in [5.41, 5.74) is 5.11. The van der Waals surface area contributed by atoms with Gasteiger partial charge in [-0.15, -0.1) is 5.10 Å². The Morgan fingerprint density at radius 2 is 2.29 bits per heavy atom. The summed E-state index contributed by atoms with van der Waals surface area (Å²) in [5.74, 6) is 1.11. The number of hydrogen-bond acceptors (Lipinski definition) is 4. The molecule has 0 spiro atoms. The van der Waals surface area contributed by atoms with Crippen molar-refractivity contribution in [2.75, 3.05) is 5.75 Å². The lowest BCUT2D eigenvalue weighted by molar-refractivity contribution is 0.534. The molecule has 0 radical (unpaired) electrons. The molecule has 96 valence electrons. The first-order valence-corrected chi connectivity index (χ1v) is 6.63. The number of rotatable bonds is 7. The van der Waals surface area contributed by atoms with Crippen molar-refractivity contribution in [3.05, 3.63) is 10.5 Å². The van der Waals surface area contributed by atoms with Gasteiger partial charge in [0.25, 0.3) is 0 Å². The standard InChI is InChI=1S/C10H19N5OS/c1-7(2)15-9(16)13-14-10(15)17-6-4-3-5-8(11)12/h7H,3-6H2,1-2H3,(H3,11,12)(H,13,16). The Bertz CT molecular complexity index is 423. The van der Waals surface area contributed by atoms with Gasteiger partial charge in [-0.05, 0) is 26.7 Å². The van der Waals surface area contributed by atoms with Crippen LogP contribution >= 0.6 is 11.8 Å². The van der Waals surface area contributed by atoms with Crippen LogP contribution in [0.4, 0.5) is 0 Å². The van der Waals surface area contributed by atoms with Crippen LogP contribution < -0.4 is 11.4 Å². The molecule has 0 aromatic carbocycles. The van der Waals surface area contributed by atoms with Crippen LogP contribution in [0.2, 0.25) is 0 Å². The van der Waals surface area contributed by atoms with Crippen molar-refractivity contribution in [2.45, 2.75) is 44.3 Å². The van der Waals surface area contributed by atoms with Crippen LogP contribution in [0, 0.1) is 5.41 Å². The smallest absolute Gasteiger partial charge is 0.344 e. The average Bonchev–Trinajstić information content (AvgIpc) is 2.59. The van der Waals surface area contributed by atoms with Gasteiger partial charge in [0.05, 0.1) is 5.84 Å². The Labute approximate surface area is 104 Å². The third-order valence-corrected chi connectivity index (χ3v) is 3.30. The van der Waals surface area contributed by atoms with Crippen LogP contribution in [-0.4, -0.2) is 26.4 Å². The lowest BCUT2D eigenvalue weighted by Crippen LogP contribution is -2.19. The first-order valence-electron chi connectivity index (χ1n) is 5.65. The van der Waals surface area contributed by atoms with Gasteiger partial charge in [-0.3, -0.25) is 9.98 Å². The second kappa shape index (κ2) is 6.48. The molecule has 1 rings (SSSR count). The molecule has 0 fully saturated rings. The van der Waals surface area contributed by atoms with Gasteiger partial charge < -0.3 is 5.73 Å². The van der Waals surface area contributed by atoms with E-state index in [9.17, 15) is 4.79 Å². The number of hydrogen-bond donors (Lipinski definition) is 3. The lowest BCUT2D eigenvalue weighted by Gasteiger charge is -2.08. The monoisotopic (exact) mass is 257 g/mol. The molecule has 0 aliphatic carbocycles. The number of unbranched alkanes of at least 4 members (excludes halogenated alkanes) is 1. The van der Waals surface area contributed by atoms with Gasteiger partial charge in [0.1, 0.15) is 0 Å². The molecule has 1 aromatic rings. The van der Waals surface area contributed by atoms with E-state index in [0.29, 0.717) is 6.42 Å². The van der Waals surface area contributed by atoms with Crippen molar-refractivity contribution in [3.8, 4) is 0 Å². The zero-order valence-corrected chi connectivity index (χ0v) is 11.0. The highest BCUT2D eigenvalue weighted by atomic mass is 32.2. The van der Waals surface area contributed by atoms with Gasteiger partial charge in [0, 0.05) is 18.2 Å². The van der Waals surface area contributed by atoms with Gasteiger partial charge in [-0.1, -0.05) is 11.8 Å². The Morgan fingerprint density at radius 1 is 1.59 bits per heavy atom. The third-order valence-electron chi connectivity index (χ3n) is 2.26. The van der Waals surface area contributed by atoms with Crippen LogP contribution in [0.3, 0.4) is 0 Å². The van der Waals surface area contributed by atoms with E-state index in [1.807, 2.05) is 13.8 Å². The number of thioether (sulfide) groups is 1. The summed E-state index contributed by atoms with van der Waals surface area (Å²) >= 11 is 1.56. The topological polar surface area (TPSA) is 101 Å². The van der Waals surface area contributed by atoms with E-state index < -0.39 is 0 Å². The minimum Gasteiger partial charge on any atom is -0.388 e. The third kappa shape index (κ3) is 4.26. The second-order valence-electron chi connectivity index (χ2n) is 4.11. The van der Waals surface area contributed by atoms with E-state index in [-0.39, 0.29) is 17.6 Å². The van der Waals surface area contributed by atoms with E-state index in [4.69, 9.17) is 11.1 Å². The molecular formula is C10H19N5OS. The normalized spacial score (nSPS) is 11.0. The van der Waals surface area contributed by atoms with Crippen molar-refractivity contribution in [2.24, 2.45) is 5.73 Å². The molecule has 0 saturated carbocycles. The van der Waals surface area contributed by atoms with Gasteiger partial charge in [-0.2, -0.15) is 0 Å². The fourth-order valence-corrected chi connectivity index (χ4v) is 2.50. The number of nitrogens with two attached hydrogens (primary N) is 1. The summed E-state index contributed by atoms with van der Waals surface area (Å²) < 4.78 is 1.65. The van der Waals surface area contributed by atoms with Crippen molar-refractivity contribution in [1.29, 1.82) is 5.41 Å². The molecule has 1 aromatic heterocycles. The largest absolute Gasteiger partial charge is 0.388 e. The minimum atomic E-state index is -0.161. The van der Waals surface area contributed by atoms with Gasteiger partial charge in [0.2, 0.25) is 0 Å². The van der Waals surface area contributed by atoms with Gasteiger partial charge >= 0.3 is 5.69 Å². The Balaban J connectivity index is 2.42. The molecule has 0 unspecified atom stereocenters. The van der Waals surface area contributed by atoms with E-state index in [1.165, 1.54) is 0 Å². The molecule has 0 amide bonds. The Hall–Kier alpha value is -1.24. The van der Waals surface area contributed by atoms with E-state index in [1.54, 1.807) is 16.3 Å². The Kier molecular flexibility index (Phi) is 5.27. The maximum Gasteiger partial charge on any atom is 0.344 e. The predicted molar refractivity (Wildman–Crippen MR) is 69.7 cm³/mol. The molecule has 7 heteroatoms. The maximum atomic E-state index is 11.4. The molecule has 6 nitrogen and oxygen atoms in total. The first kappa shape index (κ1) is 13.8. The maximum absolute atomic E-state index is 11.4. The number of H-pyrrole nitrogens is 1.